The lowest BCUT2D eigenvalue weighted by Gasteiger charge is -2.42. The topological polar surface area (TPSA) is 21.3 Å². The van der Waals surface area contributed by atoms with E-state index in [-0.39, 0.29) is 0 Å². The molecule has 1 aromatic carbocycles. The predicted octanol–water partition coefficient (Wildman–Crippen LogP) is 4.93. The highest BCUT2D eigenvalue weighted by molar-refractivity contribution is 5.46. The lowest BCUT2D eigenvalue weighted by Crippen LogP contribution is -2.38. The van der Waals surface area contributed by atoms with Crippen LogP contribution in [-0.2, 0) is 0 Å². The summed E-state index contributed by atoms with van der Waals surface area (Å²) in [5.74, 6) is 1.05. The zero-order chi connectivity index (χ0) is 15.5. The van der Waals surface area contributed by atoms with Crippen LogP contribution >= 0.6 is 0 Å². The molecule has 0 radical (unpaired) electrons. The minimum atomic E-state index is 0.335. The molecule has 118 valence electrons. The smallest absolute Gasteiger partial charge is 0.124 e. The zero-order valence-electron chi connectivity index (χ0n) is 14.4. The molecule has 0 bridgehead atoms. The maximum Gasteiger partial charge on any atom is 0.124 e. The van der Waals surface area contributed by atoms with Crippen molar-refractivity contribution in [2.75, 3.05) is 13.7 Å². The Labute approximate surface area is 130 Å². The van der Waals surface area contributed by atoms with E-state index in [9.17, 15) is 0 Å². The summed E-state index contributed by atoms with van der Waals surface area (Å²) in [5, 5.41) is 3.76. The second-order valence-corrected chi connectivity index (χ2v) is 6.90. The Hall–Kier alpha value is -1.02. The van der Waals surface area contributed by atoms with E-state index < -0.39 is 0 Å². The number of benzene rings is 1. The van der Waals surface area contributed by atoms with Gasteiger partial charge in [-0.15, -0.1) is 0 Å². The van der Waals surface area contributed by atoms with Crippen LogP contribution in [0.25, 0.3) is 0 Å². The van der Waals surface area contributed by atoms with Crippen LogP contribution in [0.3, 0.4) is 0 Å². The molecule has 2 rings (SSSR count). The number of rotatable bonds is 5. The van der Waals surface area contributed by atoms with Gasteiger partial charge >= 0.3 is 0 Å². The Balaban J connectivity index is 2.47. The van der Waals surface area contributed by atoms with Gasteiger partial charge in [-0.1, -0.05) is 39.2 Å². The summed E-state index contributed by atoms with van der Waals surface area (Å²) in [4.78, 5) is 0. The van der Waals surface area contributed by atoms with Gasteiger partial charge in [-0.05, 0) is 55.8 Å². The third kappa shape index (κ3) is 3.42. The first-order chi connectivity index (χ1) is 10.0. The summed E-state index contributed by atoms with van der Waals surface area (Å²) in [7, 11) is 1.80. The van der Waals surface area contributed by atoms with Crippen LogP contribution in [0.4, 0.5) is 0 Å². The van der Waals surface area contributed by atoms with Crippen LogP contribution < -0.4 is 10.1 Å². The Bertz CT molecular complexity index is 475. The fourth-order valence-corrected chi connectivity index (χ4v) is 4.03. The molecular formula is C19H31NO. The summed E-state index contributed by atoms with van der Waals surface area (Å²) in [6, 6.07) is 4.85. The number of methoxy groups -OCH3 is 1. The second-order valence-electron chi connectivity index (χ2n) is 6.90. The van der Waals surface area contributed by atoms with E-state index in [4.69, 9.17) is 4.74 Å². The minimum absolute atomic E-state index is 0.335. The van der Waals surface area contributed by atoms with Gasteiger partial charge in [0.15, 0.2) is 0 Å². The van der Waals surface area contributed by atoms with Crippen molar-refractivity contribution in [3.8, 4) is 5.75 Å². The van der Waals surface area contributed by atoms with E-state index in [2.05, 4.69) is 45.1 Å². The van der Waals surface area contributed by atoms with Crippen molar-refractivity contribution in [1.29, 1.82) is 0 Å². The van der Waals surface area contributed by atoms with Crippen molar-refractivity contribution in [3.05, 3.63) is 28.8 Å². The molecule has 2 nitrogen and oxygen atoms in total. The lowest BCUT2D eigenvalue weighted by atomic mass is 9.68. The molecule has 0 spiro atoms. The minimum Gasteiger partial charge on any atom is -0.496 e. The molecule has 1 aliphatic carbocycles. The maximum absolute atomic E-state index is 5.73. The van der Waals surface area contributed by atoms with Crippen molar-refractivity contribution in [2.45, 2.75) is 65.8 Å². The van der Waals surface area contributed by atoms with Gasteiger partial charge in [-0.25, -0.2) is 0 Å². The van der Waals surface area contributed by atoms with Crippen molar-refractivity contribution in [3.63, 3.8) is 0 Å². The van der Waals surface area contributed by atoms with Gasteiger partial charge in [0.25, 0.3) is 0 Å². The average Bonchev–Trinajstić information content (AvgIpc) is 2.45. The summed E-state index contributed by atoms with van der Waals surface area (Å²) >= 11 is 0. The van der Waals surface area contributed by atoms with Gasteiger partial charge < -0.3 is 10.1 Å². The molecule has 1 N–H and O–H groups in total. The fraction of sp³-hybridized carbons (Fsp3) is 0.684. The van der Waals surface area contributed by atoms with Crippen LogP contribution in [0.1, 0.15) is 68.7 Å². The first-order valence-electron chi connectivity index (χ1n) is 8.40. The maximum atomic E-state index is 5.73. The van der Waals surface area contributed by atoms with E-state index in [0.717, 1.165) is 12.3 Å². The Morgan fingerprint density at radius 2 is 1.86 bits per heavy atom. The van der Waals surface area contributed by atoms with Crippen molar-refractivity contribution in [2.24, 2.45) is 5.41 Å². The first kappa shape index (κ1) is 16.4. The van der Waals surface area contributed by atoms with Gasteiger partial charge in [-0.2, -0.15) is 0 Å². The molecule has 0 aliphatic heterocycles. The lowest BCUT2D eigenvalue weighted by molar-refractivity contribution is 0.143. The number of nitrogens with one attached hydrogen (secondary N) is 1. The van der Waals surface area contributed by atoms with E-state index in [1.165, 1.54) is 48.8 Å². The molecule has 1 aliphatic rings. The van der Waals surface area contributed by atoms with Gasteiger partial charge in [0, 0.05) is 11.6 Å². The summed E-state index contributed by atoms with van der Waals surface area (Å²) in [6.45, 7) is 10.0. The van der Waals surface area contributed by atoms with Gasteiger partial charge in [0.05, 0.1) is 7.11 Å². The normalized spacial score (nSPS) is 19.3. The molecule has 1 aromatic rings. The highest BCUT2D eigenvalue weighted by atomic mass is 16.5. The van der Waals surface area contributed by atoms with Crippen LogP contribution in [0.5, 0.6) is 5.75 Å². The van der Waals surface area contributed by atoms with E-state index >= 15 is 0 Å². The molecule has 0 amide bonds. The third-order valence-electron chi connectivity index (χ3n) is 5.10. The van der Waals surface area contributed by atoms with Crippen LogP contribution in [0.2, 0.25) is 0 Å². The highest BCUT2D eigenvalue weighted by Gasteiger charge is 2.38. The first-order valence-corrected chi connectivity index (χ1v) is 8.40. The van der Waals surface area contributed by atoms with E-state index in [1.54, 1.807) is 7.11 Å². The zero-order valence-corrected chi connectivity index (χ0v) is 14.4. The van der Waals surface area contributed by atoms with Gasteiger partial charge in [0.2, 0.25) is 0 Å². The van der Waals surface area contributed by atoms with Gasteiger partial charge in [0.1, 0.15) is 5.75 Å². The third-order valence-corrected chi connectivity index (χ3v) is 5.10. The molecule has 1 fully saturated rings. The Morgan fingerprint density at radius 3 is 2.43 bits per heavy atom. The molecule has 21 heavy (non-hydrogen) atoms. The molecule has 1 unspecified atom stereocenters. The molecule has 1 atom stereocenters. The standard InChI is InChI=1S/C19H31NO/c1-6-20-18(19(4)10-8-7-9-11-19)17-15(3)12-14(2)13-16(17)21-5/h12-13,18,20H,6-11H2,1-5H3. The SMILES string of the molecule is CCNC(c1c(C)cc(C)cc1OC)C1(C)CCCCC1. The summed E-state index contributed by atoms with van der Waals surface area (Å²) < 4.78 is 5.73. The predicted molar refractivity (Wildman–Crippen MR) is 90.1 cm³/mol. The fourth-order valence-electron chi connectivity index (χ4n) is 4.03. The van der Waals surface area contributed by atoms with Crippen LogP contribution in [0.15, 0.2) is 12.1 Å². The second kappa shape index (κ2) is 6.83. The van der Waals surface area contributed by atoms with Crippen LogP contribution in [-0.4, -0.2) is 13.7 Å². The molecule has 0 heterocycles. The number of hydrogen-bond acceptors (Lipinski definition) is 2. The highest BCUT2D eigenvalue weighted by Crippen LogP contribution is 2.48. The molecular weight excluding hydrogens is 258 g/mol. The molecule has 2 heteroatoms. The molecule has 1 saturated carbocycles. The monoisotopic (exact) mass is 289 g/mol. The summed E-state index contributed by atoms with van der Waals surface area (Å²) in [5.41, 5.74) is 4.33. The average molecular weight is 289 g/mol. The molecule has 0 aromatic heterocycles. The Kier molecular flexibility index (Phi) is 5.32. The molecule has 0 saturated heterocycles. The number of hydrogen-bond donors (Lipinski definition) is 1. The van der Waals surface area contributed by atoms with Gasteiger partial charge in [-0.3, -0.25) is 0 Å². The largest absolute Gasteiger partial charge is 0.496 e. The van der Waals surface area contributed by atoms with Crippen LogP contribution in [0, 0.1) is 19.3 Å². The Morgan fingerprint density at radius 1 is 1.19 bits per heavy atom. The van der Waals surface area contributed by atoms with E-state index in [1.807, 2.05) is 0 Å². The summed E-state index contributed by atoms with van der Waals surface area (Å²) in [6.07, 6.45) is 6.71. The number of ether oxygens (including phenoxy) is 1. The van der Waals surface area contributed by atoms with Crippen molar-refractivity contribution in [1.82, 2.24) is 5.32 Å². The van der Waals surface area contributed by atoms with E-state index in [0.29, 0.717) is 11.5 Å². The van der Waals surface area contributed by atoms with Crippen molar-refractivity contribution < 1.29 is 4.74 Å². The quantitative estimate of drug-likeness (QED) is 0.829. The van der Waals surface area contributed by atoms with Crippen molar-refractivity contribution >= 4 is 0 Å². The number of aryl methyl sites for hydroxylation is 2.